The first kappa shape index (κ1) is 17.9. The Hall–Kier alpha value is -2.48. The standard InChI is InChI=1S/C16H22N6OS/c1-21(2)14-13(10-17-15(20-14)22(3)4)19-16(23)18-11-7-6-8-12(9-11)24-5/h6-10H,1-5H3,(H2,18,19,23). The van der Waals surface area contributed by atoms with Crippen LogP contribution in [0.1, 0.15) is 0 Å². The van der Waals surface area contributed by atoms with Gasteiger partial charge in [0.25, 0.3) is 0 Å². The number of aromatic nitrogens is 2. The minimum atomic E-state index is -0.336. The van der Waals surface area contributed by atoms with Gasteiger partial charge in [-0.15, -0.1) is 11.8 Å². The topological polar surface area (TPSA) is 73.4 Å². The molecule has 0 radical (unpaired) electrons. The maximum atomic E-state index is 12.3. The van der Waals surface area contributed by atoms with Gasteiger partial charge in [-0.25, -0.2) is 9.78 Å². The van der Waals surface area contributed by atoms with E-state index in [-0.39, 0.29) is 6.03 Å². The molecule has 7 nitrogen and oxygen atoms in total. The number of amides is 2. The van der Waals surface area contributed by atoms with E-state index in [2.05, 4.69) is 20.6 Å². The van der Waals surface area contributed by atoms with Crippen molar-refractivity contribution < 1.29 is 4.79 Å². The summed E-state index contributed by atoms with van der Waals surface area (Å²) in [4.78, 5) is 25.7. The van der Waals surface area contributed by atoms with Crippen LogP contribution in [-0.2, 0) is 0 Å². The lowest BCUT2D eigenvalue weighted by molar-refractivity contribution is 0.262. The van der Waals surface area contributed by atoms with Crippen molar-refractivity contribution in [3.8, 4) is 0 Å². The smallest absolute Gasteiger partial charge is 0.323 e. The van der Waals surface area contributed by atoms with Crippen LogP contribution in [0.3, 0.4) is 0 Å². The molecule has 0 bridgehead atoms. The van der Waals surface area contributed by atoms with Crippen molar-refractivity contribution in [1.82, 2.24) is 9.97 Å². The van der Waals surface area contributed by atoms with E-state index in [9.17, 15) is 4.79 Å². The van der Waals surface area contributed by atoms with E-state index < -0.39 is 0 Å². The molecule has 24 heavy (non-hydrogen) atoms. The lowest BCUT2D eigenvalue weighted by Crippen LogP contribution is -2.23. The molecule has 0 spiro atoms. The number of hydrogen-bond acceptors (Lipinski definition) is 6. The van der Waals surface area contributed by atoms with Gasteiger partial charge < -0.3 is 20.4 Å². The van der Waals surface area contributed by atoms with Gasteiger partial charge in [0.1, 0.15) is 5.69 Å². The van der Waals surface area contributed by atoms with Crippen LogP contribution in [-0.4, -0.2) is 50.4 Å². The molecule has 1 aromatic heterocycles. The molecule has 0 saturated heterocycles. The van der Waals surface area contributed by atoms with Gasteiger partial charge in [-0.05, 0) is 24.5 Å². The third-order valence-corrected chi connectivity index (χ3v) is 3.88. The molecular formula is C16H22N6OS. The molecule has 0 atom stereocenters. The summed E-state index contributed by atoms with van der Waals surface area (Å²) in [5.41, 5.74) is 1.28. The summed E-state index contributed by atoms with van der Waals surface area (Å²) in [7, 11) is 7.47. The van der Waals surface area contributed by atoms with Gasteiger partial charge in [-0.1, -0.05) is 6.07 Å². The Balaban J connectivity index is 2.16. The lowest BCUT2D eigenvalue weighted by Gasteiger charge is -2.19. The summed E-state index contributed by atoms with van der Waals surface area (Å²) in [6.07, 6.45) is 3.60. The van der Waals surface area contributed by atoms with Crippen LogP contribution in [0.4, 0.5) is 27.9 Å². The zero-order chi connectivity index (χ0) is 17.7. The monoisotopic (exact) mass is 346 g/mol. The highest BCUT2D eigenvalue weighted by atomic mass is 32.2. The van der Waals surface area contributed by atoms with Gasteiger partial charge in [0.2, 0.25) is 5.95 Å². The maximum Gasteiger partial charge on any atom is 0.323 e. The molecule has 0 aliphatic heterocycles. The number of thioether (sulfide) groups is 1. The minimum Gasteiger partial charge on any atom is -0.361 e. The molecule has 8 heteroatoms. The number of anilines is 4. The normalized spacial score (nSPS) is 10.2. The fourth-order valence-corrected chi connectivity index (χ4v) is 2.45. The Bertz CT molecular complexity index is 719. The predicted molar refractivity (Wildman–Crippen MR) is 102 cm³/mol. The first-order valence-electron chi connectivity index (χ1n) is 7.34. The quantitative estimate of drug-likeness (QED) is 0.811. The van der Waals surface area contributed by atoms with Crippen molar-refractivity contribution in [2.45, 2.75) is 4.90 Å². The second-order valence-corrected chi connectivity index (χ2v) is 6.39. The summed E-state index contributed by atoms with van der Waals surface area (Å²) in [6.45, 7) is 0. The number of urea groups is 1. The van der Waals surface area contributed by atoms with Gasteiger partial charge >= 0.3 is 6.03 Å². The summed E-state index contributed by atoms with van der Waals surface area (Å²) in [6, 6.07) is 7.33. The Labute approximate surface area is 146 Å². The molecule has 128 valence electrons. The van der Waals surface area contributed by atoms with Crippen LogP contribution >= 0.6 is 11.8 Å². The van der Waals surface area contributed by atoms with Crippen LogP contribution in [0, 0.1) is 0 Å². The van der Waals surface area contributed by atoms with E-state index in [0.29, 0.717) is 17.5 Å². The number of benzene rings is 1. The number of nitrogens with zero attached hydrogens (tertiary/aromatic N) is 4. The summed E-state index contributed by atoms with van der Waals surface area (Å²) < 4.78 is 0. The average Bonchev–Trinajstić information content (AvgIpc) is 2.54. The predicted octanol–water partition coefficient (Wildman–Crippen LogP) is 2.97. The third kappa shape index (κ3) is 4.51. The molecule has 2 N–H and O–H groups in total. The van der Waals surface area contributed by atoms with E-state index in [1.54, 1.807) is 18.0 Å². The molecule has 1 aromatic carbocycles. The van der Waals surface area contributed by atoms with E-state index in [1.807, 2.05) is 68.5 Å². The molecule has 0 aliphatic rings. The van der Waals surface area contributed by atoms with Crippen molar-refractivity contribution >= 4 is 40.9 Å². The van der Waals surface area contributed by atoms with Gasteiger partial charge in [0.05, 0.1) is 6.20 Å². The van der Waals surface area contributed by atoms with Crippen molar-refractivity contribution in [3.63, 3.8) is 0 Å². The molecule has 0 fully saturated rings. The largest absolute Gasteiger partial charge is 0.361 e. The minimum absolute atomic E-state index is 0.336. The zero-order valence-corrected chi connectivity index (χ0v) is 15.3. The fourth-order valence-electron chi connectivity index (χ4n) is 1.99. The summed E-state index contributed by atoms with van der Waals surface area (Å²) >= 11 is 1.62. The summed E-state index contributed by atoms with van der Waals surface area (Å²) in [5.74, 6) is 1.22. The van der Waals surface area contributed by atoms with Gasteiger partial charge in [-0.2, -0.15) is 4.98 Å². The van der Waals surface area contributed by atoms with E-state index >= 15 is 0 Å². The Morgan fingerprint density at radius 2 is 1.88 bits per heavy atom. The molecule has 0 saturated carbocycles. The number of carbonyl (C=O) groups is 1. The number of hydrogen-bond donors (Lipinski definition) is 2. The maximum absolute atomic E-state index is 12.3. The van der Waals surface area contributed by atoms with Crippen LogP contribution in [0.5, 0.6) is 0 Å². The van der Waals surface area contributed by atoms with Crippen molar-refractivity contribution in [3.05, 3.63) is 30.5 Å². The van der Waals surface area contributed by atoms with Gasteiger partial charge in [0, 0.05) is 38.8 Å². The molecule has 0 aliphatic carbocycles. The molecular weight excluding hydrogens is 324 g/mol. The first-order valence-corrected chi connectivity index (χ1v) is 8.57. The lowest BCUT2D eigenvalue weighted by atomic mass is 10.3. The SMILES string of the molecule is CSc1cccc(NC(=O)Nc2cnc(N(C)C)nc2N(C)C)c1. The highest BCUT2D eigenvalue weighted by molar-refractivity contribution is 7.98. The number of nitrogens with one attached hydrogen (secondary N) is 2. The zero-order valence-electron chi connectivity index (χ0n) is 14.5. The fraction of sp³-hybridized carbons (Fsp3) is 0.312. The van der Waals surface area contributed by atoms with E-state index in [1.165, 1.54) is 0 Å². The van der Waals surface area contributed by atoms with Crippen molar-refractivity contribution in [2.24, 2.45) is 0 Å². The molecule has 0 unspecified atom stereocenters. The Morgan fingerprint density at radius 3 is 2.50 bits per heavy atom. The van der Waals surface area contributed by atoms with Crippen LogP contribution in [0.25, 0.3) is 0 Å². The first-order chi connectivity index (χ1) is 11.4. The van der Waals surface area contributed by atoms with E-state index in [0.717, 1.165) is 10.6 Å². The van der Waals surface area contributed by atoms with Crippen LogP contribution in [0.2, 0.25) is 0 Å². The van der Waals surface area contributed by atoms with Gasteiger partial charge in [0.15, 0.2) is 5.82 Å². The van der Waals surface area contributed by atoms with Crippen LogP contribution in [0.15, 0.2) is 35.4 Å². The summed E-state index contributed by atoms with van der Waals surface area (Å²) in [5, 5.41) is 5.62. The Kier molecular flexibility index (Phi) is 5.86. The second kappa shape index (κ2) is 7.87. The Morgan fingerprint density at radius 1 is 1.12 bits per heavy atom. The molecule has 2 amide bonds. The van der Waals surface area contributed by atoms with Crippen molar-refractivity contribution in [2.75, 3.05) is 54.9 Å². The van der Waals surface area contributed by atoms with Crippen molar-refractivity contribution in [1.29, 1.82) is 0 Å². The number of carbonyl (C=O) groups excluding carboxylic acids is 1. The van der Waals surface area contributed by atoms with Gasteiger partial charge in [-0.3, -0.25) is 0 Å². The van der Waals surface area contributed by atoms with E-state index in [4.69, 9.17) is 0 Å². The molecule has 2 aromatic rings. The second-order valence-electron chi connectivity index (χ2n) is 5.51. The molecule has 2 rings (SSSR count). The van der Waals surface area contributed by atoms with Crippen LogP contribution < -0.4 is 20.4 Å². The number of rotatable bonds is 5. The average molecular weight is 346 g/mol. The molecule has 1 heterocycles. The highest BCUT2D eigenvalue weighted by Crippen LogP contribution is 2.24. The highest BCUT2D eigenvalue weighted by Gasteiger charge is 2.13. The third-order valence-electron chi connectivity index (χ3n) is 3.16.